The van der Waals surface area contributed by atoms with Gasteiger partial charge >= 0.3 is 17.9 Å². The van der Waals surface area contributed by atoms with E-state index in [2.05, 4.69) is 4.90 Å². The molecule has 0 aliphatic carbocycles. The van der Waals surface area contributed by atoms with Crippen molar-refractivity contribution in [2.45, 2.75) is 44.6 Å². The molecule has 0 fully saturated rings. The summed E-state index contributed by atoms with van der Waals surface area (Å²) in [6, 6.07) is 9.56. The Balaban J connectivity index is 0.000000276. The van der Waals surface area contributed by atoms with Crippen LogP contribution in [0.3, 0.4) is 0 Å². The van der Waals surface area contributed by atoms with E-state index in [0.717, 1.165) is 22.6 Å². The van der Waals surface area contributed by atoms with E-state index >= 15 is 0 Å². The third-order valence-electron chi connectivity index (χ3n) is 5.59. The number of carboxylic acid groups (broad SMARTS) is 3. The Bertz CT molecular complexity index is 1200. The molecule has 0 aromatic heterocycles. The Morgan fingerprint density at radius 2 is 1.44 bits per heavy atom. The molecule has 14 heteroatoms. The van der Waals surface area contributed by atoms with Crippen molar-refractivity contribution < 1.29 is 58.9 Å². The molecular formula is C25H28ClNO12. The van der Waals surface area contributed by atoms with Gasteiger partial charge in [-0.25, -0.2) is 4.79 Å². The van der Waals surface area contributed by atoms with Gasteiger partial charge in [0.1, 0.15) is 0 Å². The van der Waals surface area contributed by atoms with E-state index in [1.165, 1.54) is 0 Å². The topological polar surface area (TPSA) is 193 Å². The number of benzene rings is 2. The van der Waals surface area contributed by atoms with Gasteiger partial charge in [-0.2, -0.15) is 0 Å². The van der Waals surface area contributed by atoms with E-state index in [-0.39, 0.29) is 13.6 Å². The van der Waals surface area contributed by atoms with E-state index in [4.69, 9.17) is 51.0 Å². The molecular weight excluding hydrogens is 542 g/mol. The Labute approximate surface area is 227 Å². The first kappa shape index (κ1) is 29.8. The maximum atomic E-state index is 10.3. The molecule has 2 aromatic carbocycles. The van der Waals surface area contributed by atoms with Crippen molar-refractivity contribution in [1.82, 2.24) is 4.90 Å². The number of aliphatic hydroxyl groups is 2. The van der Waals surface area contributed by atoms with Crippen molar-refractivity contribution >= 4 is 29.5 Å². The van der Waals surface area contributed by atoms with E-state index in [1.54, 1.807) is 13.0 Å². The Kier molecular flexibility index (Phi) is 9.81. The standard InChI is InChI=1S/C19H20ClNO5.C6H8O7/c1-12(22)7-21(8-13-2-3-16-17(4-13)24-10-23-16)9-14-5-18-19(6-15(14)20)26-11-25-18;7-3(8)1-6(13,5(11)12)2-4(9)10/h2-6,12,22H,7-11H2,1H3;13H,1-2H2,(H,7,8)(H,9,10)(H,11,12). The summed E-state index contributed by atoms with van der Waals surface area (Å²) in [6.45, 7) is 3.97. The van der Waals surface area contributed by atoms with Gasteiger partial charge in [-0.05, 0) is 36.2 Å². The van der Waals surface area contributed by atoms with Crippen LogP contribution in [0.15, 0.2) is 30.3 Å². The number of rotatable bonds is 11. The van der Waals surface area contributed by atoms with Crippen LogP contribution in [0.25, 0.3) is 0 Å². The van der Waals surface area contributed by atoms with E-state index in [9.17, 15) is 19.5 Å². The number of halogens is 1. The van der Waals surface area contributed by atoms with Crippen LogP contribution in [0.5, 0.6) is 23.0 Å². The van der Waals surface area contributed by atoms with Crippen molar-refractivity contribution in [3.63, 3.8) is 0 Å². The highest BCUT2D eigenvalue weighted by Crippen LogP contribution is 2.37. The SMILES string of the molecule is CC(O)CN(Cc1ccc2c(c1)OCO2)Cc1cc2c(cc1Cl)OCO2.O=C(O)CC(O)(CC(=O)O)C(=O)O. The number of hydrogen-bond donors (Lipinski definition) is 5. The summed E-state index contributed by atoms with van der Waals surface area (Å²) in [7, 11) is 0. The molecule has 2 heterocycles. The minimum atomic E-state index is -2.74. The Morgan fingerprint density at radius 1 is 0.897 bits per heavy atom. The summed E-state index contributed by atoms with van der Waals surface area (Å²) in [5, 5.41) is 44.3. The summed E-state index contributed by atoms with van der Waals surface area (Å²) in [4.78, 5) is 32.6. The first-order valence-corrected chi connectivity index (χ1v) is 12.0. The average Bonchev–Trinajstić information content (AvgIpc) is 3.46. The highest BCUT2D eigenvalue weighted by molar-refractivity contribution is 6.31. The molecule has 39 heavy (non-hydrogen) atoms. The third-order valence-corrected chi connectivity index (χ3v) is 5.94. The Hall–Kier alpha value is -3.78. The highest BCUT2D eigenvalue weighted by atomic mass is 35.5. The summed E-state index contributed by atoms with van der Waals surface area (Å²) in [5.74, 6) is -2.15. The summed E-state index contributed by atoms with van der Waals surface area (Å²) >= 11 is 6.41. The number of carbonyl (C=O) groups is 3. The van der Waals surface area contributed by atoms with E-state index in [1.807, 2.05) is 24.3 Å². The fourth-order valence-electron chi connectivity index (χ4n) is 3.89. The van der Waals surface area contributed by atoms with E-state index in [0.29, 0.717) is 36.2 Å². The second-order valence-electron chi connectivity index (χ2n) is 8.98. The van der Waals surface area contributed by atoms with Gasteiger partial charge in [0.25, 0.3) is 0 Å². The largest absolute Gasteiger partial charge is 0.481 e. The smallest absolute Gasteiger partial charge is 0.336 e. The molecule has 0 spiro atoms. The molecule has 4 rings (SSSR count). The zero-order valence-electron chi connectivity index (χ0n) is 20.8. The molecule has 2 aliphatic rings. The van der Waals surface area contributed by atoms with Crippen LogP contribution in [0.1, 0.15) is 30.9 Å². The Morgan fingerprint density at radius 3 is 1.97 bits per heavy atom. The van der Waals surface area contributed by atoms with Gasteiger partial charge in [0.2, 0.25) is 13.6 Å². The summed E-state index contributed by atoms with van der Waals surface area (Å²) in [5.41, 5.74) is -0.735. The number of aliphatic hydroxyl groups excluding tert-OH is 1. The van der Waals surface area contributed by atoms with Crippen LogP contribution < -0.4 is 18.9 Å². The summed E-state index contributed by atoms with van der Waals surface area (Å²) < 4.78 is 21.6. The van der Waals surface area contributed by atoms with Crippen molar-refractivity contribution in [1.29, 1.82) is 0 Å². The minimum absolute atomic E-state index is 0.212. The van der Waals surface area contributed by atoms with Gasteiger partial charge in [-0.3, -0.25) is 14.5 Å². The van der Waals surface area contributed by atoms with Gasteiger partial charge in [-0.15, -0.1) is 0 Å². The zero-order valence-corrected chi connectivity index (χ0v) is 21.6. The lowest BCUT2D eigenvalue weighted by Crippen LogP contribution is -2.42. The van der Waals surface area contributed by atoms with Crippen LogP contribution in [0, 0.1) is 0 Å². The molecule has 0 radical (unpaired) electrons. The average molecular weight is 570 g/mol. The van der Waals surface area contributed by atoms with Gasteiger partial charge in [-0.1, -0.05) is 17.7 Å². The number of aliphatic carboxylic acids is 3. The van der Waals surface area contributed by atoms with Crippen molar-refractivity contribution in [2.75, 3.05) is 20.1 Å². The number of hydrogen-bond acceptors (Lipinski definition) is 10. The van der Waals surface area contributed by atoms with Gasteiger partial charge in [0.15, 0.2) is 28.6 Å². The van der Waals surface area contributed by atoms with Gasteiger partial charge in [0.05, 0.1) is 18.9 Å². The van der Waals surface area contributed by atoms with Crippen LogP contribution in [0.2, 0.25) is 5.02 Å². The molecule has 0 bridgehead atoms. The van der Waals surface area contributed by atoms with Crippen LogP contribution in [-0.2, 0) is 27.5 Å². The fourth-order valence-corrected chi connectivity index (χ4v) is 4.10. The molecule has 0 saturated heterocycles. The van der Waals surface area contributed by atoms with Crippen molar-refractivity contribution in [3.05, 3.63) is 46.5 Å². The fraction of sp³-hybridized carbons (Fsp3) is 0.400. The van der Waals surface area contributed by atoms with Crippen LogP contribution in [-0.4, -0.2) is 80.2 Å². The maximum absolute atomic E-state index is 10.3. The second-order valence-corrected chi connectivity index (χ2v) is 9.39. The molecule has 1 atom stereocenters. The molecule has 212 valence electrons. The van der Waals surface area contributed by atoms with Gasteiger partial charge in [0, 0.05) is 30.7 Å². The normalized spacial score (nSPS) is 14.0. The van der Waals surface area contributed by atoms with E-state index < -0.39 is 42.5 Å². The van der Waals surface area contributed by atoms with Crippen molar-refractivity contribution in [2.24, 2.45) is 0 Å². The monoisotopic (exact) mass is 569 g/mol. The number of nitrogens with zero attached hydrogens (tertiary/aromatic N) is 1. The second kappa shape index (κ2) is 12.8. The lowest BCUT2D eigenvalue weighted by atomic mass is 9.96. The molecule has 0 amide bonds. The summed E-state index contributed by atoms with van der Waals surface area (Å²) in [6.07, 6.45) is -2.75. The maximum Gasteiger partial charge on any atom is 0.336 e. The zero-order chi connectivity index (χ0) is 28.7. The molecule has 2 aliphatic heterocycles. The predicted molar refractivity (Wildman–Crippen MR) is 133 cm³/mol. The molecule has 0 saturated carbocycles. The molecule has 1 unspecified atom stereocenters. The minimum Gasteiger partial charge on any atom is -0.481 e. The highest BCUT2D eigenvalue weighted by Gasteiger charge is 2.40. The number of ether oxygens (including phenoxy) is 4. The van der Waals surface area contributed by atoms with Crippen LogP contribution in [0.4, 0.5) is 0 Å². The number of carboxylic acids is 3. The van der Waals surface area contributed by atoms with Crippen molar-refractivity contribution in [3.8, 4) is 23.0 Å². The lowest BCUT2D eigenvalue weighted by Gasteiger charge is -2.24. The first-order chi connectivity index (χ1) is 18.4. The first-order valence-electron chi connectivity index (χ1n) is 11.6. The van der Waals surface area contributed by atoms with Gasteiger partial charge < -0.3 is 44.5 Å². The lowest BCUT2D eigenvalue weighted by molar-refractivity contribution is -0.170. The third kappa shape index (κ3) is 8.35. The number of fused-ring (bicyclic) bond motifs is 2. The van der Waals surface area contributed by atoms with Crippen LogP contribution >= 0.6 is 11.6 Å². The quantitative estimate of drug-likeness (QED) is 0.264. The predicted octanol–water partition coefficient (Wildman–Crippen LogP) is 1.93. The molecule has 5 N–H and O–H groups in total. The molecule has 13 nitrogen and oxygen atoms in total. The molecule has 2 aromatic rings.